The summed E-state index contributed by atoms with van der Waals surface area (Å²) in [5.41, 5.74) is 1.36. The van der Waals surface area contributed by atoms with Crippen molar-refractivity contribution in [3.63, 3.8) is 0 Å². The summed E-state index contributed by atoms with van der Waals surface area (Å²) in [6.45, 7) is 9.29. The Morgan fingerprint density at radius 3 is 2.62 bits per heavy atom. The monoisotopic (exact) mass is 358 g/mol. The van der Waals surface area contributed by atoms with Crippen molar-refractivity contribution in [3.05, 3.63) is 29.8 Å². The van der Waals surface area contributed by atoms with Crippen molar-refractivity contribution in [2.24, 2.45) is 17.8 Å². The summed E-state index contributed by atoms with van der Waals surface area (Å²) in [6.07, 6.45) is 5.40. The number of benzene rings is 1. The molecule has 0 radical (unpaired) electrons. The minimum atomic E-state index is 0.826. The van der Waals surface area contributed by atoms with E-state index in [4.69, 9.17) is 9.47 Å². The summed E-state index contributed by atoms with van der Waals surface area (Å²) in [5, 5.41) is 0. The fourth-order valence-electron chi connectivity index (χ4n) is 4.93. The van der Waals surface area contributed by atoms with Crippen LogP contribution >= 0.6 is 0 Å². The fraction of sp³-hybridized carbons (Fsp3) is 0.727. The Bertz CT molecular complexity index is 561. The molecule has 2 saturated heterocycles. The van der Waals surface area contributed by atoms with Crippen LogP contribution in [0.25, 0.3) is 0 Å². The molecule has 1 aromatic rings. The smallest absolute Gasteiger partial charge is 0.119 e. The average molecular weight is 359 g/mol. The van der Waals surface area contributed by atoms with E-state index in [9.17, 15) is 0 Å². The van der Waals surface area contributed by atoms with Gasteiger partial charge in [-0.05, 0) is 67.8 Å². The van der Waals surface area contributed by atoms with E-state index in [0.717, 1.165) is 43.3 Å². The molecule has 0 N–H and O–H groups in total. The lowest BCUT2D eigenvalue weighted by molar-refractivity contribution is 0.0967. The number of hydrogen-bond donors (Lipinski definition) is 0. The van der Waals surface area contributed by atoms with Gasteiger partial charge < -0.3 is 14.4 Å². The predicted octanol–water partition coefficient (Wildman–Crippen LogP) is 3.27. The molecule has 1 aromatic carbocycles. The molecule has 2 heterocycles. The second kappa shape index (κ2) is 8.73. The zero-order valence-electron chi connectivity index (χ0n) is 16.2. The normalized spacial score (nSPS) is 28.9. The number of piperidine rings is 2. The fourth-order valence-corrected chi connectivity index (χ4v) is 4.93. The van der Waals surface area contributed by atoms with Gasteiger partial charge in [0.25, 0.3) is 0 Å². The summed E-state index contributed by atoms with van der Waals surface area (Å²) in [6, 6.07) is 8.47. The maximum atomic E-state index is 6.01. The van der Waals surface area contributed by atoms with Crippen molar-refractivity contribution in [2.75, 3.05) is 53.0 Å². The van der Waals surface area contributed by atoms with Gasteiger partial charge >= 0.3 is 0 Å². The van der Waals surface area contributed by atoms with Crippen molar-refractivity contribution >= 4 is 0 Å². The number of fused-ring (bicyclic) bond motifs is 1. The number of hydrogen-bond acceptors (Lipinski definition) is 4. The summed E-state index contributed by atoms with van der Waals surface area (Å²) >= 11 is 0. The van der Waals surface area contributed by atoms with Gasteiger partial charge in [0.15, 0.2) is 0 Å². The Kier molecular flexibility index (Phi) is 6.13. The predicted molar refractivity (Wildman–Crippen MR) is 104 cm³/mol. The van der Waals surface area contributed by atoms with E-state index in [1.54, 1.807) is 7.11 Å². The molecule has 0 amide bonds. The largest absolute Gasteiger partial charge is 0.497 e. The second-order valence-corrected chi connectivity index (χ2v) is 8.37. The average Bonchev–Trinajstić information content (AvgIpc) is 3.13. The third-order valence-corrected chi connectivity index (χ3v) is 6.51. The maximum absolute atomic E-state index is 6.01. The molecule has 0 aromatic heterocycles. The highest BCUT2D eigenvalue weighted by molar-refractivity contribution is 5.28. The van der Waals surface area contributed by atoms with E-state index in [-0.39, 0.29) is 0 Å². The molecular formula is C22H34N2O2. The molecule has 4 nitrogen and oxygen atoms in total. The molecule has 2 aliphatic heterocycles. The Morgan fingerprint density at radius 1 is 1.04 bits per heavy atom. The molecule has 4 rings (SSSR count). The third-order valence-electron chi connectivity index (χ3n) is 6.51. The summed E-state index contributed by atoms with van der Waals surface area (Å²) in [5.74, 6) is 3.54. The van der Waals surface area contributed by atoms with Crippen LogP contribution < -0.4 is 4.74 Å². The van der Waals surface area contributed by atoms with E-state index in [2.05, 4.69) is 28.0 Å². The summed E-state index contributed by atoms with van der Waals surface area (Å²) < 4.78 is 11.3. The first-order chi connectivity index (χ1) is 12.8. The van der Waals surface area contributed by atoms with Gasteiger partial charge in [-0.15, -0.1) is 0 Å². The molecule has 1 aliphatic carbocycles. The number of likely N-dealkylation sites (tertiary alicyclic amines) is 2. The standard InChI is InChI=1S/C22H34N2O2/c1-25-19-8-5-7-18(13-19)14-24-15-20-21(16-24)22(20)17-26-12-6-11-23-9-3-2-4-10-23/h5,7-8,13,20-22H,2-4,6,9-12,14-17H2,1H3/t20-,21+,22+. The number of methoxy groups -OCH3 is 1. The lowest BCUT2D eigenvalue weighted by atomic mass is 10.1. The summed E-state index contributed by atoms with van der Waals surface area (Å²) in [7, 11) is 1.74. The topological polar surface area (TPSA) is 24.9 Å². The highest BCUT2D eigenvalue weighted by atomic mass is 16.5. The van der Waals surface area contributed by atoms with Crippen molar-refractivity contribution in [2.45, 2.75) is 32.2 Å². The SMILES string of the molecule is COc1cccc(CN2C[C@@H]3[C@@H](COCCCN4CCCCC4)[C@@H]3C2)c1. The minimum absolute atomic E-state index is 0.826. The summed E-state index contributed by atoms with van der Waals surface area (Å²) in [4.78, 5) is 5.20. The van der Waals surface area contributed by atoms with Gasteiger partial charge in [-0.2, -0.15) is 0 Å². The van der Waals surface area contributed by atoms with Crippen LogP contribution in [-0.4, -0.2) is 62.8 Å². The zero-order chi connectivity index (χ0) is 17.8. The van der Waals surface area contributed by atoms with Gasteiger partial charge in [0.1, 0.15) is 5.75 Å². The van der Waals surface area contributed by atoms with Crippen molar-refractivity contribution in [1.29, 1.82) is 0 Å². The van der Waals surface area contributed by atoms with Crippen molar-refractivity contribution in [1.82, 2.24) is 9.80 Å². The maximum Gasteiger partial charge on any atom is 0.119 e. The van der Waals surface area contributed by atoms with E-state index in [1.807, 2.05) is 6.07 Å². The molecule has 4 heteroatoms. The van der Waals surface area contributed by atoms with Crippen LogP contribution in [0.4, 0.5) is 0 Å². The van der Waals surface area contributed by atoms with Gasteiger partial charge in [-0.25, -0.2) is 0 Å². The highest BCUT2D eigenvalue weighted by Crippen LogP contribution is 2.52. The molecule has 26 heavy (non-hydrogen) atoms. The Morgan fingerprint density at radius 2 is 1.85 bits per heavy atom. The van der Waals surface area contributed by atoms with Gasteiger partial charge in [-0.3, -0.25) is 4.90 Å². The Labute approximate surface area is 158 Å². The minimum Gasteiger partial charge on any atom is -0.497 e. The molecule has 3 atom stereocenters. The first-order valence-corrected chi connectivity index (χ1v) is 10.5. The molecule has 0 unspecified atom stereocenters. The zero-order valence-corrected chi connectivity index (χ0v) is 16.2. The van der Waals surface area contributed by atoms with E-state index < -0.39 is 0 Å². The van der Waals surface area contributed by atoms with E-state index in [1.165, 1.54) is 64.0 Å². The second-order valence-electron chi connectivity index (χ2n) is 8.37. The Hall–Kier alpha value is -1.10. The van der Waals surface area contributed by atoms with Crippen LogP contribution in [0, 0.1) is 17.8 Å². The molecule has 0 spiro atoms. The first kappa shape index (κ1) is 18.3. The van der Waals surface area contributed by atoms with Crippen LogP contribution in [0.15, 0.2) is 24.3 Å². The van der Waals surface area contributed by atoms with Crippen LogP contribution in [0.3, 0.4) is 0 Å². The van der Waals surface area contributed by atoms with Crippen LogP contribution in [0.2, 0.25) is 0 Å². The number of nitrogens with zero attached hydrogens (tertiary/aromatic N) is 2. The first-order valence-electron chi connectivity index (χ1n) is 10.5. The van der Waals surface area contributed by atoms with Gasteiger partial charge in [0, 0.05) is 32.8 Å². The molecule has 3 aliphatic rings. The molecule has 1 saturated carbocycles. The lowest BCUT2D eigenvalue weighted by Gasteiger charge is -2.26. The number of rotatable bonds is 9. The van der Waals surface area contributed by atoms with Gasteiger partial charge in [0.05, 0.1) is 13.7 Å². The molecular weight excluding hydrogens is 324 g/mol. The molecule has 144 valence electrons. The van der Waals surface area contributed by atoms with Crippen molar-refractivity contribution in [3.8, 4) is 5.75 Å². The third kappa shape index (κ3) is 4.59. The lowest BCUT2D eigenvalue weighted by Crippen LogP contribution is -2.31. The van der Waals surface area contributed by atoms with Crippen LogP contribution in [0.1, 0.15) is 31.2 Å². The quantitative estimate of drug-likeness (QED) is 0.633. The highest BCUT2D eigenvalue weighted by Gasteiger charge is 2.55. The Balaban J connectivity index is 1.09. The van der Waals surface area contributed by atoms with E-state index in [0.29, 0.717) is 0 Å². The number of ether oxygens (including phenoxy) is 2. The van der Waals surface area contributed by atoms with Gasteiger partial charge in [0.2, 0.25) is 0 Å². The molecule has 3 fully saturated rings. The van der Waals surface area contributed by atoms with Gasteiger partial charge in [-0.1, -0.05) is 18.6 Å². The van der Waals surface area contributed by atoms with E-state index >= 15 is 0 Å². The van der Waals surface area contributed by atoms with Crippen molar-refractivity contribution < 1.29 is 9.47 Å². The van der Waals surface area contributed by atoms with Crippen LogP contribution in [0.5, 0.6) is 5.75 Å². The van der Waals surface area contributed by atoms with Crippen LogP contribution in [-0.2, 0) is 11.3 Å². The molecule has 0 bridgehead atoms.